The number of carbonyl (C=O) groups is 3. The van der Waals surface area contributed by atoms with E-state index in [2.05, 4.69) is 5.32 Å². The van der Waals surface area contributed by atoms with Gasteiger partial charge < -0.3 is 24.4 Å². The van der Waals surface area contributed by atoms with Gasteiger partial charge in [-0.15, -0.1) is 0 Å². The van der Waals surface area contributed by atoms with Crippen LogP contribution in [0.25, 0.3) is 0 Å². The number of halogens is 2. The van der Waals surface area contributed by atoms with Crippen molar-refractivity contribution in [2.24, 2.45) is 0 Å². The third-order valence-electron chi connectivity index (χ3n) is 3.19. The molecule has 0 saturated carbocycles. The number of carbonyl (C=O) groups excluding carboxylic acids is 3. The lowest BCUT2D eigenvalue weighted by molar-refractivity contribution is -0.152. The van der Waals surface area contributed by atoms with Gasteiger partial charge in [-0.1, -0.05) is 23.2 Å². The smallest absolute Gasteiger partial charge is 0.377 e. The first-order valence-electron chi connectivity index (χ1n) is 7.47. The molecule has 0 fully saturated rings. The van der Waals surface area contributed by atoms with Crippen LogP contribution in [0.2, 0.25) is 10.0 Å². The SMILES string of the molecule is CN(CC(=O)Nc1ccc(Cl)c(Cl)c1)C(=O)COC(=O)C1=COCCO1. The molecule has 1 heterocycles. The van der Waals surface area contributed by atoms with Gasteiger partial charge in [0.15, 0.2) is 6.61 Å². The molecule has 140 valence electrons. The van der Waals surface area contributed by atoms with E-state index in [0.29, 0.717) is 22.3 Å². The van der Waals surface area contributed by atoms with Crippen LogP contribution < -0.4 is 5.32 Å². The average Bonchev–Trinajstić information content (AvgIpc) is 2.63. The van der Waals surface area contributed by atoms with Gasteiger partial charge in [0.2, 0.25) is 11.7 Å². The quantitative estimate of drug-likeness (QED) is 0.729. The molecule has 26 heavy (non-hydrogen) atoms. The first-order valence-corrected chi connectivity index (χ1v) is 8.23. The summed E-state index contributed by atoms with van der Waals surface area (Å²) >= 11 is 11.7. The molecule has 2 amide bonds. The summed E-state index contributed by atoms with van der Waals surface area (Å²) in [6.45, 7) is -0.203. The van der Waals surface area contributed by atoms with E-state index >= 15 is 0 Å². The Kier molecular flexibility index (Phi) is 7.11. The summed E-state index contributed by atoms with van der Waals surface area (Å²) in [5.41, 5.74) is 0.443. The van der Waals surface area contributed by atoms with Gasteiger partial charge in [-0.2, -0.15) is 0 Å². The summed E-state index contributed by atoms with van der Waals surface area (Å²) in [5.74, 6) is -1.92. The van der Waals surface area contributed by atoms with Gasteiger partial charge in [-0.3, -0.25) is 9.59 Å². The van der Waals surface area contributed by atoms with Gasteiger partial charge in [0.05, 0.1) is 16.6 Å². The van der Waals surface area contributed by atoms with Crippen LogP contribution in [0.5, 0.6) is 0 Å². The number of benzene rings is 1. The topological polar surface area (TPSA) is 94.2 Å². The van der Waals surface area contributed by atoms with Crippen molar-refractivity contribution in [3.8, 4) is 0 Å². The summed E-state index contributed by atoms with van der Waals surface area (Å²) in [4.78, 5) is 36.7. The van der Waals surface area contributed by atoms with Crippen molar-refractivity contribution in [3.63, 3.8) is 0 Å². The van der Waals surface area contributed by atoms with Crippen molar-refractivity contribution >= 4 is 46.7 Å². The lowest BCUT2D eigenvalue weighted by Crippen LogP contribution is -2.37. The largest absolute Gasteiger partial charge is 0.493 e. The van der Waals surface area contributed by atoms with Crippen LogP contribution in [0, 0.1) is 0 Å². The zero-order valence-corrected chi connectivity index (χ0v) is 15.3. The second-order valence-corrected chi connectivity index (χ2v) is 6.02. The molecule has 1 aromatic rings. The van der Waals surface area contributed by atoms with E-state index < -0.39 is 24.4 Å². The Morgan fingerprint density at radius 2 is 2.00 bits per heavy atom. The van der Waals surface area contributed by atoms with Gasteiger partial charge in [0.1, 0.15) is 19.5 Å². The Bertz CT molecular complexity index is 737. The van der Waals surface area contributed by atoms with E-state index in [9.17, 15) is 14.4 Å². The highest BCUT2D eigenvalue weighted by atomic mass is 35.5. The number of nitrogens with zero attached hydrogens (tertiary/aromatic N) is 1. The normalized spacial score (nSPS) is 13.0. The minimum absolute atomic E-state index is 0.107. The molecule has 0 saturated heterocycles. The number of ether oxygens (including phenoxy) is 3. The van der Waals surface area contributed by atoms with E-state index in [-0.39, 0.29) is 18.9 Å². The van der Waals surface area contributed by atoms with E-state index in [0.717, 1.165) is 11.2 Å². The Morgan fingerprint density at radius 1 is 1.23 bits per heavy atom. The number of esters is 1. The third-order valence-corrected chi connectivity index (χ3v) is 3.93. The second kappa shape index (κ2) is 9.30. The van der Waals surface area contributed by atoms with E-state index in [1.165, 1.54) is 13.1 Å². The molecule has 1 aromatic carbocycles. The van der Waals surface area contributed by atoms with Crippen LogP contribution in [0.4, 0.5) is 5.69 Å². The summed E-state index contributed by atoms with van der Waals surface area (Å²) in [6.07, 6.45) is 1.13. The fraction of sp³-hybridized carbons (Fsp3) is 0.312. The van der Waals surface area contributed by atoms with Crippen LogP contribution in [0.1, 0.15) is 0 Å². The standard InChI is InChI=1S/C16H16Cl2N2O6/c1-20(7-14(21)19-10-2-3-11(17)12(18)6-10)15(22)9-26-16(23)13-8-24-4-5-25-13/h2-3,6,8H,4-5,7,9H2,1H3,(H,19,21). The third kappa shape index (κ3) is 5.82. The lowest BCUT2D eigenvalue weighted by Gasteiger charge is -2.18. The van der Waals surface area contributed by atoms with Crippen molar-refractivity contribution in [1.82, 2.24) is 4.90 Å². The molecule has 1 N–H and O–H groups in total. The van der Waals surface area contributed by atoms with E-state index in [1.54, 1.807) is 12.1 Å². The fourth-order valence-corrected chi connectivity index (χ4v) is 2.16. The summed E-state index contributed by atoms with van der Waals surface area (Å²) in [5, 5.41) is 3.24. The number of hydrogen-bond acceptors (Lipinski definition) is 6. The predicted octanol–water partition coefficient (Wildman–Crippen LogP) is 1.82. The monoisotopic (exact) mass is 402 g/mol. The summed E-state index contributed by atoms with van der Waals surface area (Å²) in [7, 11) is 1.41. The van der Waals surface area contributed by atoms with Gasteiger partial charge >= 0.3 is 5.97 Å². The van der Waals surface area contributed by atoms with Crippen molar-refractivity contribution in [1.29, 1.82) is 0 Å². The van der Waals surface area contributed by atoms with Crippen LogP contribution in [0.15, 0.2) is 30.2 Å². The highest BCUT2D eigenvalue weighted by Gasteiger charge is 2.20. The number of nitrogens with one attached hydrogen (secondary N) is 1. The Balaban J connectivity index is 1.78. The minimum atomic E-state index is -0.813. The van der Waals surface area contributed by atoms with E-state index in [4.69, 9.17) is 37.4 Å². The highest BCUT2D eigenvalue weighted by molar-refractivity contribution is 6.42. The molecule has 10 heteroatoms. The molecule has 0 atom stereocenters. The molecule has 0 aliphatic carbocycles. The van der Waals surface area contributed by atoms with Crippen molar-refractivity contribution in [2.75, 3.05) is 38.7 Å². The molecule has 0 unspecified atom stereocenters. The molecule has 0 radical (unpaired) electrons. The van der Waals surface area contributed by atoms with Crippen LogP contribution >= 0.6 is 23.2 Å². The first-order chi connectivity index (χ1) is 12.4. The molecule has 1 aliphatic rings. The van der Waals surface area contributed by atoms with Gasteiger partial charge in [0, 0.05) is 12.7 Å². The molecule has 0 aromatic heterocycles. The molecule has 0 bridgehead atoms. The highest BCUT2D eigenvalue weighted by Crippen LogP contribution is 2.24. The first kappa shape index (κ1) is 19.9. The number of anilines is 1. The van der Waals surface area contributed by atoms with Crippen LogP contribution in [0.3, 0.4) is 0 Å². The maximum atomic E-state index is 12.0. The van der Waals surface area contributed by atoms with Crippen LogP contribution in [-0.4, -0.2) is 56.1 Å². The van der Waals surface area contributed by atoms with Crippen molar-refractivity contribution in [3.05, 3.63) is 40.3 Å². The maximum Gasteiger partial charge on any atom is 0.377 e. The molecular formula is C16H16Cl2N2O6. The zero-order valence-electron chi connectivity index (χ0n) is 13.8. The van der Waals surface area contributed by atoms with Crippen molar-refractivity contribution in [2.45, 2.75) is 0 Å². The van der Waals surface area contributed by atoms with Gasteiger partial charge in [-0.05, 0) is 18.2 Å². The van der Waals surface area contributed by atoms with Gasteiger partial charge in [-0.25, -0.2) is 4.79 Å². The minimum Gasteiger partial charge on any atom is -0.493 e. The number of rotatable bonds is 6. The van der Waals surface area contributed by atoms with E-state index in [1.807, 2.05) is 0 Å². The van der Waals surface area contributed by atoms with Crippen LogP contribution in [-0.2, 0) is 28.6 Å². The number of hydrogen-bond donors (Lipinski definition) is 1. The summed E-state index contributed by atoms with van der Waals surface area (Å²) < 4.78 is 14.8. The Morgan fingerprint density at radius 3 is 2.65 bits per heavy atom. The maximum absolute atomic E-state index is 12.0. The zero-order chi connectivity index (χ0) is 19.1. The predicted molar refractivity (Wildman–Crippen MR) is 93.7 cm³/mol. The van der Waals surface area contributed by atoms with Crippen molar-refractivity contribution < 1.29 is 28.6 Å². The molecule has 2 rings (SSSR count). The molecule has 8 nitrogen and oxygen atoms in total. The van der Waals surface area contributed by atoms with Gasteiger partial charge in [0.25, 0.3) is 5.91 Å². The Hall–Kier alpha value is -2.45. The average molecular weight is 403 g/mol. The summed E-state index contributed by atoms with van der Waals surface area (Å²) in [6, 6.07) is 4.61. The molecule has 0 spiro atoms. The molecular weight excluding hydrogens is 387 g/mol. The lowest BCUT2D eigenvalue weighted by atomic mass is 10.3. The Labute approximate surface area is 159 Å². The fourth-order valence-electron chi connectivity index (χ4n) is 1.86. The second-order valence-electron chi connectivity index (χ2n) is 5.20. The number of likely N-dealkylation sites (N-methyl/N-ethyl adjacent to an activating group) is 1. The molecule has 1 aliphatic heterocycles. The number of amides is 2.